The van der Waals surface area contributed by atoms with Crippen molar-refractivity contribution >= 4 is 11.7 Å². The molecule has 1 aliphatic rings. The van der Waals surface area contributed by atoms with Crippen LogP contribution in [0.25, 0.3) is 11.3 Å². The molecule has 4 rings (SSSR count). The Bertz CT molecular complexity index is 1110. The van der Waals surface area contributed by atoms with E-state index in [1.54, 1.807) is 28.9 Å². The maximum atomic E-state index is 13.8. The molecule has 1 aromatic heterocycles. The third kappa shape index (κ3) is 4.22. The van der Waals surface area contributed by atoms with Gasteiger partial charge in [-0.05, 0) is 56.2 Å². The van der Waals surface area contributed by atoms with Crippen LogP contribution in [0.4, 0.5) is 14.6 Å². The van der Waals surface area contributed by atoms with E-state index >= 15 is 0 Å². The lowest BCUT2D eigenvalue weighted by molar-refractivity contribution is 0.100. The Kier molecular flexibility index (Phi) is 5.60. The minimum Gasteiger partial charge on any atom is -0.454 e. The zero-order valence-corrected chi connectivity index (χ0v) is 16.9. The van der Waals surface area contributed by atoms with E-state index in [2.05, 4.69) is 17.3 Å². The minimum absolute atomic E-state index is 0.0205. The van der Waals surface area contributed by atoms with E-state index in [4.69, 9.17) is 16.2 Å². The van der Waals surface area contributed by atoms with Crippen molar-refractivity contribution in [2.24, 2.45) is 5.73 Å². The Labute approximate surface area is 178 Å². The van der Waals surface area contributed by atoms with Gasteiger partial charge in [0.2, 0.25) is 0 Å². The summed E-state index contributed by atoms with van der Waals surface area (Å²) in [6.07, 6.45) is 1.85. The van der Waals surface area contributed by atoms with Crippen LogP contribution in [0.3, 0.4) is 0 Å². The molecule has 0 aliphatic carbocycles. The fourth-order valence-corrected chi connectivity index (χ4v) is 3.73. The lowest BCUT2D eigenvalue weighted by Crippen LogP contribution is -2.38. The van der Waals surface area contributed by atoms with Crippen LogP contribution < -0.4 is 21.5 Å². The number of halogens is 2. The first-order valence-electron chi connectivity index (χ1n) is 9.98. The van der Waals surface area contributed by atoms with Crippen molar-refractivity contribution in [3.8, 4) is 22.8 Å². The molecule has 2 atom stereocenters. The van der Waals surface area contributed by atoms with Gasteiger partial charge in [-0.3, -0.25) is 4.79 Å². The van der Waals surface area contributed by atoms with Crippen LogP contribution in [0.1, 0.15) is 36.2 Å². The number of nitrogens with two attached hydrogens (primary N) is 2. The second-order valence-corrected chi connectivity index (χ2v) is 7.66. The first-order chi connectivity index (χ1) is 14.8. The highest BCUT2D eigenvalue weighted by atomic mass is 19.1. The number of piperidine rings is 1. The summed E-state index contributed by atoms with van der Waals surface area (Å²) in [5, 5.41) is 7.99. The highest BCUT2D eigenvalue weighted by Crippen LogP contribution is 2.33. The van der Waals surface area contributed by atoms with E-state index in [1.807, 2.05) is 0 Å². The van der Waals surface area contributed by atoms with Crippen molar-refractivity contribution in [1.29, 1.82) is 0 Å². The van der Waals surface area contributed by atoms with Crippen LogP contribution in [-0.2, 0) is 0 Å². The molecule has 7 nitrogen and oxygen atoms in total. The van der Waals surface area contributed by atoms with Gasteiger partial charge in [0.05, 0.1) is 6.04 Å². The molecule has 1 amide bonds. The van der Waals surface area contributed by atoms with Gasteiger partial charge in [0.25, 0.3) is 5.91 Å². The van der Waals surface area contributed by atoms with Crippen LogP contribution in [0.5, 0.6) is 11.5 Å². The molecule has 1 aliphatic heterocycles. The second-order valence-electron chi connectivity index (χ2n) is 7.66. The fourth-order valence-electron chi connectivity index (χ4n) is 3.73. The smallest absolute Gasteiger partial charge is 0.254 e. The van der Waals surface area contributed by atoms with E-state index in [1.165, 1.54) is 6.07 Å². The number of ether oxygens (including phenoxy) is 1. The van der Waals surface area contributed by atoms with Crippen LogP contribution in [-0.4, -0.2) is 28.3 Å². The predicted octanol–water partition coefficient (Wildman–Crippen LogP) is 3.61. The quantitative estimate of drug-likeness (QED) is 0.576. The maximum Gasteiger partial charge on any atom is 0.254 e. The molecule has 2 aromatic carbocycles. The fraction of sp³-hybridized carbons (Fsp3) is 0.273. The lowest BCUT2D eigenvalue weighted by Gasteiger charge is -2.28. The molecule has 0 radical (unpaired) electrons. The summed E-state index contributed by atoms with van der Waals surface area (Å²) < 4.78 is 34.0. The number of rotatable bonds is 5. The van der Waals surface area contributed by atoms with Gasteiger partial charge in [-0.2, -0.15) is 5.10 Å². The number of carbonyl (C=O) groups is 1. The third-order valence-corrected chi connectivity index (χ3v) is 5.42. The largest absolute Gasteiger partial charge is 0.454 e. The Morgan fingerprint density at radius 1 is 1.19 bits per heavy atom. The highest BCUT2D eigenvalue weighted by Gasteiger charge is 2.27. The summed E-state index contributed by atoms with van der Waals surface area (Å²) in [6, 6.07) is 10.1. The number of nitrogens with zero attached hydrogens (tertiary/aromatic N) is 2. The molecule has 31 heavy (non-hydrogen) atoms. The number of nitrogen functional groups attached to an aromatic ring is 1. The Morgan fingerprint density at radius 2 is 1.94 bits per heavy atom. The van der Waals surface area contributed by atoms with Crippen molar-refractivity contribution in [3.05, 3.63) is 59.7 Å². The molecular formula is C22H23F2N5O2. The summed E-state index contributed by atoms with van der Waals surface area (Å²) >= 11 is 0. The van der Waals surface area contributed by atoms with Crippen molar-refractivity contribution in [2.45, 2.75) is 31.8 Å². The highest BCUT2D eigenvalue weighted by molar-refractivity contribution is 6.03. The number of hydrogen-bond acceptors (Lipinski definition) is 5. The Morgan fingerprint density at radius 3 is 2.55 bits per heavy atom. The Hall–Kier alpha value is -3.46. The van der Waals surface area contributed by atoms with Crippen LogP contribution in [0.15, 0.2) is 42.5 Å². The number of nitrogens with one attached hydrogen (secondary N) is 1. The third-order valence-electron chi connectivity index (χ3n) is 5.42. The van der Waals surface area contributed by atoms with Crippen molar-refractivity contribution in [3.63, 3.8) is 0 Å². The topological polar surface area (TPSA) is 108 Å². The first-order valence-corrected chi connectivity index (χ1v) is 9.98. The van der Waals surface area contributed by atoms with Gasteiger partial charge in [-0.1, -0.05) is 0 Å². The van der Waals surface area contributed by atoms with Crippen LogP contribution in [0, 0.1) is 11.6 Å². The van der Waals surface area contributed by atoms with E-state index in [0.717, 1.165) is 25.0 Å². The number of primary amides is 1. The molecule has 1 fully saturated rings. The number of amides is 1. The number of benzene rings is 2. The molecule has 0 spiro atoms. The summed E-state index contributed by atoms with van der Waals surface area (Å²) in [5.74, 6) is -1.67. The molecule has 162 valence electrons. The zero-order chi connectivity index (χ0) is 22.1. The van der Waals surface area contributed by atoms with Gasteiger partial charge in [-0.25, -0.2) is 13.5 Å². The zero-order valence-electron chi connectivity index (χ0n) is 16.9. The SMILES string of the molecule is CC1CCC(n2nc(-c3ccc(Oc4ccc(F)cc4F)cc3)c(C(N)=O)c2N)CN1. The standard InChI is InChI=1S/C22H23F2N5O2/c1-12-2-6-15(11-27-12)29-21(25)19(22(26)30)20(28-29)13-3-7-16(8-4-13)31-18-9-5-14(23)10-17(18)24/h3-5,7-10,12,15,27H,2,6,11,25H2,1H3,(H2,26,30). The lowest BCUT2D eigenvalue weighted by atomic mass is 10.0. The van der Waals surface area contributed by atoms with Crippen molar-refractivity contribution in [2.75, 3.05) is 12.3 Å². The molecule has 0 saturated carbocycles. The molecular weight excluding hydrogens is 404 g/mol. The monoisotopic (exact) mass is 427 g/mol. The van der Waals surface area contributed by atoms with E-state index in [-0.39, 0.29) is 23.2 Å². The van der Waals surface area contributed by atoms with Gasteiger partial charge in [0, 0.05) is 24.2 Å². The van der Waals surface area contributed by atoms with Gasteiger partial charge in [0.15, 0.2) is 11.6 Å². The molecule has 2 heterocycles. The molecule has 0 bridgehead atoms. The number of hydrogen-bond donors (Lipinski definition) is 3. The summed E-state index contributed by atoms with van der Waals surface area (Å²) in [7, 11) is 0. The Balaban J connectivity index is 1.62. The summed E-state index contributed by atoms with van der Waals surface area (Å²) in [4.78, 5) is 12.1. The van der Waals surface area contributed by atoms with Crippen molar-refractivity contribution < 1.29 is 18.3 Å². The van der Waals surface area contributed by atoms with E-state index in [0.29, 0.717) is 29.6 Å². The predicted molar refractivity (Wildman–Crippen MR) is 113 cm³/mol. The van der Waals surface area contributed by atoms with Gasteiger partial charge >= 0.3 is 0 Å². The normalized spacial score (nSPS) is 18.7. The summed E-state index contributed by atoms with van der Waals surface area (Å²) in [6.45, 7) is 2.81. The van der Waals surface area contributed by atoms with Gasteiger partial charge in [-0.15, -0.1) is 0 Å². The summed E-state index contributed by atoms with van der Waals surface area (Å²) in [5.41, 5.74) is 13.0. The second kappa shape index (κ2) is 8.35. The van der Waals surface area contributed by atoms with Gasteiger partial charge < -0.3 is 21.5 Å². The maximum absolute atomic E-state index is 13.8. The van der Waals surface area contributed by atoms with Crippen molar-refractivity contribution in [1.82, 2.24) is 15.1 Å². The van der Waals surface area contributed by atoms with E-state index in [9.17, 15) is 13.6 Å². The average Bonchev–Trinajstić information content (AvgIpc) is 3.08. The van der Waals surface area contributed by atoms with Gasteiger partial charge in [0.1, 0.15) is 28.6 Å². The minimum atomic E-state index is -0.804. The number of aromatic nitrogens is 2. The molecule has 1 saturated heterocycles. The van der Waals surface area contributed by atoms with E-state index < -0.39 is 17.5 Å². The molecule has 9 heteroatoms. The number of carbonyl (C=O) groups excluding carboxylic acids is 1. The van der Waals surface area contributed by atoms with Crippen LogP contribution >= 0.6 is 0 Å². The van der Waals surface area contributed by atoms with Crippen LogP contribution in [0.2, 0.25) is 0 Å². The molecule has 5 N–H and O–H groups in total. The number of anilines is 1. The first kappa shape index (κ1) is 20.8. The molecule has 2 unspecified atom stereocenters. The molecule has 3 aromatic rings. The average molecular weight is 427 g/mol.